The molecule has 0 aromatic heterocycles. The molecule has 6 rings (SSSR count). The minimum atomic E-state index is -0.767. The predicted molar refractivity (Wildman–Crippen MR) is 97.8 cm³/mol. The van der Waals surface area contributed by atoms with Gasteiger partial charge in [-0.25, -0.2) is 13.2 Å². The van der Waals surface area contributed by atoms with Crippen LogP contribution in [0.3, 0.4) is 0 Å². The van der Waals surface area contributed by atoms with E-state index >= 15 is 0 Å². The fourth-order valence-corrected chi connectivity index (χ4v) is 5.63. The summed E-state index contributed by atoms with van der Waals surface area (Å²) in [4.78, 5) is 4.90. The number of benzene rings is 2. The van der Waals surface area contributed by atoms with Crippen LogP contribution in [0.25, 0.3) is 0 Å². The van der Waals surface area contributed by atoms with E-state index in [1.54, 1.807) is 12.1 Å². The van der Waals surface area contributed by atoms with Crippen LogP contribution in [0.4, 0.5) is 13.2 Å². The third-order valence-corrected chi connectivity index (χ3v) is 6.77. The van der Waals surface area contributed by atoms with Crippen molar-refractivity contribution in [1.82, 2.24) is 9.80 Å². The summed E-state index contributed by atoms with van der Waals surface area (Å²) in [5, 5.41) is 0. The van der Waals surface area contributed by atoms with Crippen molar-refractivity contribution in [2.75, 3.05) is 19.6 Å². The Balaban J connectivity index is 1.50. The van der Waals surface area contributed by atoms with Gasteiger partial charge in [-0.2, -0.15) is 0 Å². The maximum absolute atomic E-state index is 14.6. The Labute approximate surface area is 157 Å². The van der Waals surface area contributed by atoms with Crippen LogP contribution in [0.1, 0.15) is 29.9 Å². The normalized spacial score (nSPS) is 32.6. The van der Waals surface area contributed by atoms with Crippen molar-refractivity contribution in [2.24, 2.45) is 5.92 Å². The van der Waals surface area contributed by atoms with Crippen molar-refractivity contribution in [3.63, 3.8) is 0 Å². The van der Waals surface area contributed by atoms with E-state index in [0.29, 0.717) is 24.1 Å². The number of rotatable bonds is 3. The summed E-state index contributed by atoms with van der Waals surface area (Å²) in [5.41, 5.74) is 1.56. The molecule has 0 amide bonds. The number of hydrogen-bond donors (Lipinski definition) is 0. The summed E-state index contributed by atoms with van der Waals surface area (Å²) in [5.74, 6) is -1.14. The average Bonchev–Trinajstić information content (AvgIpc) is 3.08. The summed E-state index contributed by atoms with van der Waals surface area (Å²) < 4.78 is 41.7. The second-order valence-corrected chi connectivity index (χ2v) is 8.16. The molecule has 4 fully saturated rings. The third kappa shape index (κ3) is 2.88. The monoisotopic (exact) mass is 372 g/mol. The van der Waals surface area contributed by atoms with Gasteiger partial charge >= 0.3 is 0 Å². The molecule has 2 aromatic carbocycles. The van der Waals surface area contributed by atoms with E-state index in [9.17, 15) is 13.2 Å². The molecule has 3 atom stereocenters. The van der Waals surface area contributed by atoms with Gasteiger partial charge in [-0.05, 0) is 61.2 Å². The Bertz CT molecular complexity index is 830. The number of fused-ring (bicyclic) bond motifs is 2. The molecule has 4 saturated heterocycles. The smallest absolute Gasteiger partial charge is 0.162 e. The van der Waals surface area contributed by atoms with Crippen molar-refractivity contribution < 1.29 is 13.2 Å². The zero-order chi connectivity index (χ0) is 18.5. The van der Waals surface area contributed by atoms with E-state index in [0.717, 1.165) is 25.2 Å². The lowest BCUT2D eigenvalue weighted by atomic mass is 9.75. The first kappa shape index (κ1) is 17.3. The van der Waals surface area contributed by atoms with Gasteiger partial charge in [0, 0.05) is 31.1 Å². The Kier molecular flexibility index (Phi) is 4.25. The standard InChI is InChI=1S/C22H23F3N2/c23-16-6-4-14(5-7-16)12-27-13-18(17-2-1-3-19(24)20(17)25)22-21(27)15-8-10-26(22)11-9-15/h1-7,15,18,21-22H,8-13H2/t18-,21+,22+/m0/s1. The molecule has 2 bridgehead atoms. The summed E-state index contributed by atoms with van der Waals surface area (Å²) in [6, 6.07) is 11.7. The van der Waals surface area contributed by atoms with E-state index in [2.05, 4.69) is 9.80 Å². The van der Waals surface area contributed by atoms with E-state index in [1.807, 2.05) is 12.1 Å². The van der Waals surface area contributed by atoms with Gasteiger partial charge in [-0.3, -0.25) is 9.80 Å². The fraction of sp³-hybridized carbons (Fsp3) is 0.455. The van der Waals surface area contributed by atoms with Crippen molar-refractivity contribution >= 4 is 0 Å². The minimum absolute atomic E-state index is 0.0331. The van der Waals surface area contributed by atoms with E-state index in [4.69, 9.17) is 0 Å². The van der Waals surface area contributed by atoms with Gasteiger partial charge in [0.2, 0.25) is 0 Å². The SMILES string of the molecule is Fc1ccc(CN2C[C@@H](c3cccc(F)c3F)[C@@H]3[C@H]2C2CCN3CC2)cc1. The number of halogens is 3. The molecule has 0 radical (unpaired) electrons. The fourth-order valence-electron chi connectivity index (χ4n) is 5.63. The lowest BCUT2D eigenvalue weighted by Crippen LogP contribution is -2.60. The molecular formula is C22H23F3N2. The lowest BCUT2D eigenvalue weighted by Gasteiger charge is -2.51. The van der Waals surface area contributed by atoms with Crippen LogP contribution in [0.2, 0.25) is 0 Å². The molecule has 0 N–H and O–H groups in total. The molecule has 5 heteroatoms. The third-order valence-electron chi connectivity index (χ3n) is 6.77. The largest absolute Gasteiger partial charge is 0.298 e. The van der Waals surface area contributed by atoms with Crippen molar-refractivity contribution in [3.05, 3.63) is 71.0 Å². The highest BCUT2D eigenvalue weighted by atomic mass is 19.2. The Morgan fingerprint density at radius 2 is 1.63 bits per heavy atom. The summed E-state index contributed by atoms with van der Waals surface area (Å²) in [6.07, 6.45) is 2.33. The molecule has 2 nitrogen and oxygen atoms in total. The maximum Gasteiger partial charge on any atom is 0.162 e. The highest BCUT2D eigenvalue weighted by molar-refractivity contribution is 5.30. The molecule has 0 unspecified atom stereocenters. The first-order chi connectivity index (χ1) is 13.1. The van der Waals surface area contributed by atoms with Crippen LogP contribution in [-0.4, -0.2) is 41.5 Å². The highest BCUT2D eigenvalue weighted by Gasteiger charge is 2.53. The number of nitrogens with zero attached hydrogens (tertiary/aromatic N) is 2. The van der Waals surface area contributed by atoms with Crippen LogP contribution in [-0.2, 0) is 6.54 Å². The molecule has 142 valence electrons. The van der Waals surface area contributed by atoms with E-state index < -0.39 is 11.6 Å². The van der Waals surface area contributed by atoms with Gasteiger partial charge in [-0.15, -0.1) is 0 Å². The Morgan fingerprint density at radius 3 is 2.37 bits per heavy atom. The number of likely N-dealkylation sites (tertiary alicyclic amines) is 1. The minimum Gasteiger partial charge on any atom is -0.298 e. The molecular weight excluding hydrogens is 349 g/mol. The van der Waals surface area contributed by atoms with Crippen molar-refractivity contribution in [1.29, 1.82) is 0 Å². The van der Waals surface area contributed by atoms with Gasteiger partial charge in [0.15, 0.2) is 11.6 Å². The first-order valence-corrected chi connectivity index (χ1v) is 9.78. The lowest BCUT2D eigenvalue weighted by molar-refractivity contribution is -0.00888. The number of piperidine rings is 3. The molecule has 2 aromatic rings. The van der Waals surface area contributed by atoms with Crippen LogP contribution < -0.4 is 0 Å². The summed E-state index contributed by atoms with van der Waals surface area (Å²) in [6.45, 7) is 3.52. The van der Waals surface area contributed by atoms with Gasteiger partial charge in [0.05, 0.1) is 0 Å². The van der Waals surface area contributed by atoms with Crippen LogP contribution in [0.5, 0.6) is 0 Å². The molecule has 27 heavy (non-hydrogen) atoms. The molecule has 4 heterocycles. The molecule has 4 aliphatic rings. The maximum atomic E-state index is 14.6. The quantitative estimate of drug-likeness (QED) is 0.798. The highest BCUT2D eigenvalue weighted by Crippen LogP contribution is 2.47. The molecule has 0 saturated carbocycles. The van der Waals surface area contributed by atoms with Crippen LogP contribution in [0.15, 0.2) is 42.5 Å². The second-order valence-electron chi connectivity index (χ2n) is 8.16. The van der Waals surface area contributed by atoms with Crippen molar-refractivity contribution in [2.45, 2.75) is 37.4 Å². The van der Waals surface area contributed by atoms with E-state index in [-0.39, 0.29) is 17.8 Å². The Morgan fingerprint density at radius 1 is 0.889 bits per heavy atom. The van der Waals surface area contributed by atoms with Crippen molar-refractivity contribution in [3.8, 4) is 0 Å². The summed E-state index contributed by atoms with van der Waals surface area (Å²) >= 11 is 0. The number of hydrogen-bond acceptors (Lipinski definition) is 2. The average molecular weight is 372 g/mol. The topological polar surface area (TPSA) is 6.48 Å². The molecule has 0 spiro atoms. The zero-order valence-corrected chi connectivity index (χ0v) is 15.1. The predicted octanol–water partition coefficient (Wildman–Crippen LogP) is 4.17. The van der Waals surface area contributed by atoms with Crippen LogP contribution >= 0.6 is 0 Å². The van der Waals surface area contributed by atoms with E-state index in [1.165, 1.54) is 31.0 Å². The zero-order valence-electron chi connectivity index (χ0n) is 15.1. The molecule has 4 aliphatic heterocycles. The Hall–Kier alpha value is -1.85. The van der Waals surface area contributed by atoms with Crippen LogP contribution in [0, 0.1) is 23.4 Å². The van der Waals surface area contributed by atoms with Gasteiger partial charge in [-0.1, -0.05) is 24.3 Å². The van der Waals surface area contributed by atoms with Gasteiger partial charge < -0.3 is 0 Å². The van der Waals surface area contributed by atoms with Gasteiger partial charge in [0.1, 0.15) is 5.82 Å². The first-order valence-electron chi connectivity index (χ1n) is 9.78. The van der Waals surface area contributed by atoms with Gasteiger partial charge in [0.25, 0.3) is 0 Å². The molecule has 0 aliphatic carbocycles. The summed E-state index contributed by atoms with van der Waals surface area (Å²) in [7, 11) is 0. The second kappa shape index (κ2) is 6.64.